The minimum atomic E-state index is -0.849. The number of carbonyl (C=O) groups excluding carboxylic acids is 2. The van der Waals surface area contributed by atoms with Crippen molar-refractivity contribution in [2.75, 3.05) is 13.2 Å². The summed E-state index contributed by atoms with van der Waals surface area (Å²) in [6, 6.07) is -0.633. The van der Waals surface area contributed by atoms with Crippen molar-refractivity contribution in [1.29, 1.82) is 0 Å². The van der Waals surface area contributed by atoms with Crippen LogP contribution in [0.5, 0.6) is 0 Å². The van der Waals surface area contributed by atoms with Gasteiger partial charge in [0.2, 0.25) is 5.91 Å². The lowest BCUT2D eigenvalue weighted by molar-refractivity contribution is -0.143. The van der Waals surface area contributed by atoms with E-state index in [2.05, 4.69) is 31.3 Å². The van der Waals surface area contributed by atoms with Gasteiger partial charge in [-0.2, -0.15) is 0 Å². The molecule has 0 radical (unpaired) electrons. The Bertz CT molecular complexity index is 1110. The van der Waals surface area contributed by atoms with Gasteiger partial charge < -0.3 is 20.3 Å². The van der Waals surface area contributed by atoms with E-state index in [1.807, 2.05) is 6.08 Å². The predicted octanol–water partition coefficient (Wildman–Crippen LogP) is 20.2. The van der Waals surface area contributed by atoms with Gasteiger partial charge in [0.1, 0.15) is 0 Å². The minimum Gasteiger partial charge on any atom is -0.466 e. The Balaban J connectivity index is 3.45. The van der Waals surface area contributed by atoms with Gasteiger partial charge in [-0.3, -0.25) is 9.59 Å². The van der Waals surface area contributed by atoms with Crippen LogP contribution in [0.25, 0.3) is 0 Å². The molecule has 2 unspecified atom stereocenters. The molecule has 1 amide bonds. The second-order valence-electron chi connectivity index (χ2n) is 22.1. The lowest BCUT2D eigenvalue weighted by Crippen LogP contribution is -2.45. The number of amides is 1. The first-order chi connectivity index (χ1) is 35.0. The van der Waals surface area contributed by atoms with E-state index in [4.69, 9.17) is 4.74 Å². The zero-order valence-corrected chi connectivity index (χ0v) is 48.0. The topological polar surface area (TPSA) is 95.9 Å². The number of aliphatic hydroxyl groups excluding tert-OH is 2. The zero-order valence-electron chi connectivity index (χ0n) is 48.0. The van der Waals surface area contributed by atoms with Crippen LogP contribution in [-0.4, -0.2) is 47.4 Å². The van der Waals surface area contributed by atoms with Crippen molar-refractivity contribution in [1.82, 2.24) is 5.32 Å². The van der Waals surface area contributed by atoms with Gasteiger partial charge in [0.15, 0.2) is 0 Å². The second kappa shape index (κ2) is 60.9. The third kappa shape index (κ3) is 57.5. The zero-order chi connectivity index (χ0) is 51.4. The maximum atomic E-state index is 12.5. The fourth-order valence-electron chi connectivity index (χ4n) is 10.0. The molecular formula is C65H125NO5. The van der Waals surface area contributed by atoms with Crippen LogP contribution < -0.4 is 5.32 Å². The molecular weight excluding hydrogens is 875 g/mol. The monoisotopic (exact) mass is 1000 g/mol. The summed E-state index contributed by atoms with van der Waals surface area (Å²) in [6.07, 6.45) is 75.1. The van der Waals surface area contributed by atoms with E-state index in [0.29, 0.717) is 19.4 Å². The normalized spacial score (nSPS) is 12.7. The van der Waals surface area contributed by atoms with E-state index >= 15 is 0 Å². The standard InChI is InChI=1S/C65H125NO5/c1-3-5-7-9-11-13-15-17-18-19-20-21-22-23-24-25-27-30-34-37-41-45-49-53-57-63(68)62(61-67)66-64(69)58-54-50-46-42-38-35-31-28-26-29-32-36-40-44-48-52-56-60-71-65(70)59-55-51-47-43-39-33-16-14-12-10-8-6-4-2/h14,16,53,57,62-63,67-68H,3-13,15,17-52,54-56,58-61H2,1-2H3,(H,66,69)/b16-14-,57-53+. The van der Waals surface area contributed by atoms with Crippen LogP contribution in [0.1, 0.15) is 354 Å². The maximum absolute atomic E-state index is 12.5. The third-order valence-electron chi connectivity index (χ3n) is 15.0. The smallest absolute Gasteiger partial charge is 0.305 e. The average molecular weight is 1000 g/mol. The first kappa shape index (κ1) is 69.3. The van der Waals surface area contributed by atoms with Gasteiger partial charge in [-0.1, -0.05) is 308 Å². The largest absolute Gasteiger partial charge is 0.466 e. The lowest BCUT2D eigenvalue weighted by Gasteiger charge is -2.20. The molecule has 0 aliphatic heterocycles. The Morgan fingerprint density at radius 1 is 0.380 bits per heavy atom. The van der Waals surface area contributed by atoms with E-state index in [0.717, 1.165) is 44.9 Å². The number of hydrogen-bond acceptors (Lipinski definition) is 5. The fraction of sp³-hybridized carbons (Fsp3) is 0.908. The molecule has 0 fully saturated rings. The molecule has 0 aromatic rings. The Labute approximate surface area is 443 Å². The van der Waals surface area contributed by atoms with Gasteiger partial charge in [0.05, 0.1) is 25.4 Å². The van der Waals surface area contributed by atoms with Crippen LogP contribution in [0.3, 0.4) is 0 Å². The van der Waals surface area contributed by atoms with Crippen LogP contribution in [0.2, 0.25) is 0 Å². The van der Waals surface area contributed by atoms with Crippen molar-refractivity contribution in [3.63, 3.8) is 0 Å². The van der Waals surface area contributed by atoms with Crippen LogP contribution in [0.4, 0.5) is 0 Å². The van der Waals surface area contributed by atoms with Crippen LogP contribution >= 0.6 is 0 Å². The van der Waals surface area contributed by atoms with Gasteiger partial charge in [0.25, 0.3) is 0 Å². The Morgan fingerprint density at radius 3 is 1.01 bits per heavy atom. The number of hydrogen-bond donors (Lipinski definition) is 3. The summed E-state index contributed by atoms with van der Waals surface area (Å²) in [5.41, 5.74) is 0. The highest BCUT2D eigenvalue weighted by Crippen LogP contribution is 2.18. The fourth-order valence-corrected chi connectivity index (χ4v) is 10.0. The van der Waals surface area contributed by atoms with E-state index in [1.165, 1.54) is 283 Å². The van der Waals surface area contributed by atoms with E-state index in [9.17, 15) is 19.8 Å². The van der Waals surface area contributed by atoms with E-state index in [1.54, 1.807) is 6.08 Å². The lowest BCUT2D eigenvalue weighted by atomic mass is 10.0. The minimum absolute atomic E-state index is 0.00408. The first-order valence-electron chi connectivity index (χ1n) is 32.1. The molecule has 0 aromatic heterocycles. The molecule has 0 aromatic carbocycles. The van der Waals surface area contributed by atoms with Crippen LogP contribution in [0, 0.1) is 0 Å². The molecule has 0 saturated heterocycles. The maximum Gasteiger partial charge on any atom is 0.305 e. The molecule has 0 rings (SSSR count). The van der Waals surface area contributed by atoms with Gasteiger partial charge >= 0.3 is 5.97 Å². The molecule has 2 atom stereocenters. The predicted molar refractivity (Wildman–Crippen MR) is 310 cm³/mol. The Hall–Kier alpha value is -1.66. The van der Waals surface area contributed by atoms with Crippen molar-refractivity contribution < 1.29 is 24.5 Å². The summed E-state index contributed by atoms with van der Waals surface area (Å²) in [6.45, 7) is 4.90. The number of unbranched alkanes of at least 4 members (excludes halogenated alkanes) is 47. The molecule has 6 nitrogen and oxygen atoms in total. The number of esters is 1. The highest BCUT2D eigenvalue weighted by molar-refractivity contribution is 5.76. The molecule has 71 heavy (non-hydrogen) atoms. The number of ether oxygens (including phenoxy) is 1. The Morgan fingerprint density at radius 2 is 0.662 bits per heavy atom. The van der Waals surface area contributed by atoms with Gasteiger partial charge in [0, 0.05) is 12.8 Å². The summed E-state index contributed by atoms with van der Waals surface area (Å²) in [4.78, 5) is 24.5. The summed E-state index contributed by atoms with van der Waals surface area (Å²) in [7, 11) is 0. The summed E-state index contributed by atoms with van der Waals surface area (Å²) < 4.78 is 5.47. The van der Waals surface area contributed by atoms with Gasteiger partial charge in [-0.05, 0) is 57.8 Å². The molecule has 420 valence electrons. The highest BCUT2D eigenvalue weighted by Gasteiger charge is 2.18. The van der Waals surface area contributed by atoms with Crippen molar-refractivity contribution >= 4 is 11.9 Å². The molecule has 0 aliphatic carbocycles. The second-order valence-corrected chi connectivity index (χ2v) is 22.1. The molecule has 3 N–H and O–H groups in total. The SMILES string of the molecule is CCCCCC/C=C\CCCCCCCC(=O)OCCCCCCCCCCCCCCCCCCCC(=O)NC(CO)C(O)/C=C/CCCCCCCCCCCCCCCCCCCCCCCC. The van der Waals surface area contributed by atoms with Crippen molar-refractivity contribution in [2.45, 2.75) is 366 Å². The quantitative estimate of drug-likeness (QED) is 0.0320. The number of nitrogens with one attached hydrogen (secondary N) is 1. The van der Waals surface area contributed by atoms with Gasteiger partial charge in [-0.25, -0.2) is 0 Å². The molecule has 0 aliphatic rings. The highest BCUT2D eigenvalue weighted by atomic mass is 16.5. The van der Waals surface area contributed by atoms with Crippen molar-refractivity contribution in [3.05, 3.63) is 24.3 Å². The van der Waals surface area contributed by atoms with Crippen molar-refractivity contribution in [2.24, 2.45) is 0 Å². The number of carbonyl (C=O) groups is 2. The third-order valence-corrected chi connectivity index (χ3v) is 15.0. The molecule has 0 saturated carbocycles. The van der Waals surface area contributed by atoms with Crippen LogP contribution in [0.15, 0.2) is 24.3 Å². The van der Waals surface area contributed by atoms with E-state index < -0.39 is 12.1 Å². The van der Waals surface area contributed by atoms with Crippen LogP contribution in [-0.2, 0) is 14.3 Å². The average Bonchev–Trinajstić information content (AvgIpc) is 3.37. The summed E-state index contributed by atoms with van der Waals surface area (Å²) in [5, 5.41) is 23.2. The first-order valence-corrected chi connectivity index (χ1v) is 32.1. The number of aliphatic hydroxyl groups is 2. The van der Waals surface area contributed by atoms with Gasteiger partial charge in [-0.15, -0.1) is 0 Å². The molecule has 0 heterocycles. The van der Waals surface area contributed by atoms with Crippen molar-refractivity contribution in [3.8, 4) is 0 Å². The molecule has 6 heteroatoms. The number of rotatable bonds is 60. The Kier molecular flexibility index (Phi) is 59.5. The molecule has 0 bridgehead atoms. The molecule has 0 spiro atoms. The summed E-state index contributed by atoms with van der Waals surface area (Å²) >= 11 is 0. The van der Waals surface area contributed by atoms with E-state index in [-0.39, 0.29) is 18.5 Å². The number of allylic oxidation sites excluding steroid dienone is 3. The summed E-state index contributed by atoms with van der Waals surface area (Å²) in [5.74, 6) is -0.0738.